The van der Waals surface area contributed by atoms with Crippen LogP contribution < -0.4 is 0 Å². The second kappa shape index (κ2) is 4.95. The molecule has 0 aliphatic heterocycles. The molecule has 0 bridgehead atoms. The first kappa shape index (κ1) is 16.3. The fourth-order valence-corrected chi connectivity index (χ4v) is 6.08. The molecule has 0 radical (unpaired) electrons. The number of hydrogen-bond donors (Lipinski definition) is 2. The number of aliphatic hydroxyl groups excluding tert-OH is 2. The maximum absolute atomic E-state index is 10.8. The standard InChI is InChI=1S/C20H32O2/c1-6-18(3)11-14-9-10-19(4)13(2)15(21)7-8-16(19)20(14,5)12-17(18)22/h6,14-17,21-22H,1-2,7-12H2,3-5H3. The molecular formula is C20H32O2. The molecule has 124 valence electrons. The molecule has 3 saturated carbocycles. The molecule has 2 heteroatoms. The SMILES string of the molecule is C=CC1(C)CC2CCC3(C)C(=C)C(O)CCC3C2(C)CC1O. The van der Waals surface area contributed by atoms with E-state index in [1.807, 2.05) is 6.08 Å². The quantitative estimate of drug-likeness (QED) is 0.717. The summed E-state index contributed by atoms with van der Waals surface area (Å²) in [6.07, 6.45) is 7.39. The fourth-order valence-electron chi connectivity index (χ4n) is 6.08. The Labute approximate surface area is 135 Å². The number of aliphatic hydroxyl groups is 2. The molecule has 22 heavy (non-hydrogen) atoms. The summed E-state index contributed by atoms with van der Waals surface area (Å²) >= 11 is 0. The van der Waals surface area contributed by atoms with Gasteiger partial charge in [-0.2, -0.15) is 0 Å². The van der Waals surface area contributed by atoms with Crippen LogP contribution in [0.5, 0.6) is 0 Å². The molecule has 0 saturated heterocycles. The summed E-state index contributed by atoms with van der Waals surface area (Å²) in [5, 5.41) is 21.1. The van der Waals surface area contributed by atoms with Crippen molar-refractivity contribution in [2.24, 2.45) is 28.1 Å². The van der Waals surface area contributed by atoms with E-state index in [0.29, 0.717) is 11.8 Å². The second-order valence-corrected chi connectivity index (χ2v) is 8.96. The first-order valence-corrected chi connectivity index (χ1v) is 8.86. The second-order valence-electron chi connectivity index (χ2n) is 8.96. The summed E-state index contributed by atoms with van der Waals surface area (Å²) in [6.45, 7) is 15.1. The maximum atomic E-state index is 10.8. The van der Waals surface area contributed by atoms with Gasteiger partial charge in [-0.1, -0.05) is 33.4 Å². The average Bonchev–Trinajstić information content (AvgIpc) is 2.46. The Morgan fingerprint density at radius 1 is 1.09 bits per heavy atom. The van der Waals surface area contributed by atoms with Crippen molar-refractivity contribution in [1.29, 1.82) is 0 Å². The lowest BCUT2D eigenvalue weighted by atomic mass is 9.41. The van der Waals surface area contributed by atoms with Crippen LogP contribution in [0.15, 0.2) is 24.8 Å². The van der Waals surface area contributed by atoms with Crippen LogP contribution in [0.1, 0.15) is 59.3 Å². The normalized spacial score (nSPS) is 55.2. The molecule has 0 amide bonds. The Hall–Kier alpha value is -0.600. The third-order valence-electron chi connectivity index (χ3n) is 7.92. The third kappa shape index (κ3) is 1.99. The van der Waals surface area contributed by atoms with E-state index in [0.717, 1.165) is 37.7 Å². The van der Waals surface area contributed by atoms with Crippen molar-refractivity contribution < 1.29 is 10.2 Å². The lowest BCUT2D eigenvalue weighted by Crippen LogP contribution is -2.58. The van der Waals surface area contributed by atoms with Crippen molar-refractivity contribution in [3.63, 3.8) is 0 Å². The highest BCUT2D eigenvalue weighted by atomic mass is 16.3. The van der Waals surface area contributed by atoms with Gasteiger partial charge in [-0.05, 0) is 66.8 Å². The minimum atomic E-state index is -0.339. The predicted octanol–water partition coefficient (Wildman–Crippen LogP) is 4.08. The smallest absolute Gasteiger partial charge is 0.0753 e. The van der Waals surface area contributed by atoms with Gasteiger partial charge in [0.15, 0.2) is 0 Å². The molecule has 2 N–H and O–H groups in total. The Morgan fingerprint density at radius 3 is 2.41 bits per heavy atom. The molecule has 0 heterocycles. The Balaban J connectivity index is 1.96. The van der Waals surface area contributed by atoms with Gasteiger partial charge in [0.1, 0.15) is 0 Å². The number of hydrogen-bond acceptors (Lipinski definition) is 2. The molecule has 0 aromatic heterocycles. The zero-order chi connectivity index (χ0) is 16.3. The van der Waals surface area contributed by atoms with Gasteiger partial charge in [0.05, 0.1) is 12.2 Å². The van der Waals surface area contributed by atoms with Crippen LogP contribution in [0.4, 0.5) is 0 Å². The lowest BCUT2D eigenvalue weighted by Gasteiger charge is -2.64. The molecule has 0 aromatic carbocycles. The van der Waals surface area contributed by atoms with E-state index in [1.165, 1.54) is 6.42 Å². The van der Waals surface area contributed by atoms with Crippen molar-refractivity contribution in [3.8, 4) is 0 Å². The van der Waals surface area contributed by atoms with Crippen LogP contribution in [0, 0.1) is 28.1 Å². The lowest BCUT2D eigenvalue weighted by molar-refractivity contribution is -0.148. The predicted molar refractivity (Wildman–Crippen MR) is 90.4 cm³/mol. The van der Waals surface area contributed by atoms with Crippen LogP contribution >= 0.6 is 0 Å². The Kier molecular flexibility index (Phi) is 3.66. The molecule has 2 nitrogen and oxygen atoms in total. The van der Waals surface area contributed by atoms with Gasteiger partial charge in [0.25, 0.3) is 0 Å². The van der Waals surface area contributed by atoms with Crippen LogP contribution in [0.25, 0.3) is 0 Å². The highest BCUT2D eigenvalue weighted by Gasteiger charge is 2.60. The molecule has 3 aliphatic rings. The first-order chi connectivity index (χ1) is 10.2. The highest BCUT2D eigenvalue weighted by molar-refractivity contribution is 5.24. The molecule has 0 aromatic rings. The minimum absolute atomic E-state index is 0.0323. The van der Waals surface area contributed by atoms with E-state index < -0.39 is 0 Å². The van der Waals surface area contributed by atoms with Crippen LogP contribution in [0.3, 0.4) is 0 Å². The Bertz CT molecular complexity index is 498. The zero-order valence-electron chi connectivity index (χ0n) is 14.4. The summed E-state index contributed by atoms with van der Waals surface area (Å²) in [5.74, 6) is 1.17. The summed E-state index contributed by atoms with van der Waals surface area (Å²) in [6, 6.07) is 0. The van der Waals surface area contributed by atoms with Gasteiger partial charge >= 0.3 is 0 Å². The van der Waals surface area contributed by atoms with E-state index in [-0.39, 0.29) is 28.5 Å². The van der Waals surface area contributed by atoms with E-state index in [2.05, 4.69) is 33.9 Å². The molecule has 3 fully saturated rings. The van der Waals surface area contributed by atoms with Gasteiger partial charge < -0.3 is 10.2 Å². The van der Waals surface area contributed by atoms with Crippen LogP contribution in [-0.2, 0) is 0 Å². The topological polar surface area (TPSA) is 40.5 Å². The largest absolute Gasteiger partial charge is 0.392 e. The summed E-state index contributed by atoms with van der Waals surface area (Å²) < 4.78 is 0. The molecule has 3 rings (SSSR count). The fraction of sp³-hybridized carbons (Fsp3) is 0.800. The molecular weight excluding hydrogens is 272 g/mol. The molecule has 0 spiro atoms. The van der Waals surface area contributed by atoms with E-state index in [1.54, 1.807) is 0 Å². The van der Waals surface area contributed by atoms with Gasteiger partial charge in [-0.3, -0.25) is 0 Å². The van der Waals surface area contributed by atoms with Gasteiger partial charge in [0.2, 0.25) is 0 Å². The van der Waals surface area contributed by atoms with E-state index in [9.17, 15) is 10.2 Å². The number of rotatable bonds is 1. The average molecular weight is 304 g/mol. The summed E-state index contributed by atoms with van der Waals surface area (Å²) in [7, 11) is 0. The highest BCUT2D eigenvalue weighted by Crippen LogP contribution is 2.66. The van der Waals surface area contributed by atoms with Crippen molar-refractivity contribution in [3.05, 3.63) is 24.8 Å². The van der Waals surface area contributed by atoms with Crippen molar-refractivity contribution in [1.82, 2.24) is 0 Å². The maximum Gasteiger partial charge on any atom is 0.0753 e. The molecule has 3 aliphatic carbocycles. The molecule has 7 atom stereocenters. The van der Waals surface area contributed by atoms with Crippen molar-refractivity contribution in [2.75, 3.05) is 0 Å². The summed E-state index contributed by atoms with van der Waals surface area (Å²) in [5.41, 5.74) is 1.07. The van der Waals surface area contributed by atoms with E-state index >= 15 is 0 Å². The van der Waals surface area contributed by atoms with Crippen LogP contribution in [0.2, 0.25) is 0 Å². The first-order valence-electron chi connectivity index (χ1n) is 8.86. The van der Waals surface area contributed by atoms with Gasteiger partial charge in [-0.25, -0.2) is 0 Å². The minimum Gasteiger partial charge on any atom is -0.392 e. The number of fused-ring (bicyclic) bond motifs is 3. The van der Waals surface area contributed by atoms with Crippen molar-refractivity contribution in [2.45, 2.75) is 71.5 Å². The van der Waals surface area contributed by atoms with Crippen LogP contribution in [-0.4, -0.2) is 22.4 Å². The monoisotopic (exact) mass is 304 g/mol. The molecule has 7 unspecified atom stereocenters. The zero-order valence-corrected chi connectivity index (χ0v) is 14.4. The van der Waals surface area contributed by atoms with E-state index in [4.69, 9.17) is 0 Å². The van der Waals surface area contributed by atoms with Gasteiger partial charge in [-0.15, -0.1) is 6.58 Å². The third-order valence-corrected chi connectivity index (χ3v) is 7.92. The van der Waals surface area contributed by atoms with Crippen molar-refractivity contribution >= 4 is 0 Å². The van der Waals surface area contributed by atoms with Gasteiger partial charge in [0, 0.05) is 5.41 Å². The summed E-state index contributed by atoms with van der Waals surface area (Å²) in [4.78, 5) is 0. The Morgan fingerprint density at radius 2 is 1.77 bits per heavy atom.